The van der Waals surface area contributed by atoms with Gasteiger partial charge in [0.1, 0.15) is 5.82 Å². The highest BCUT2D eigenvalue weighted by atomic mass is 32.1. The Morgan fingerprint density at radius 3 is 2.75 bits per heavy atom. The van der Waals surface area contributed by atoms with Gasteiger partial charge in [0.15, 0.2) is 4.77 Å². The number of nitrogens with one attached hydrogen (secondary N) is 2. The third kappa shape index (κ3) is 3.76. The lowest BCUT2D eigenvalue weighted by atomic mass is 10.1. The summed E-state index contributed by atoms with van der Waals surface area (Å²) in [6.07, 6.45) is 3.06. The quantitative estimate of drug-likeness (QED) is 0.791. The summed E-state index contributed by atoms with van der Waals surface area (Å²) in [5.74, 6) is 0.893. The number of aryl methyl sites for hydroxylation is 1. The van der Waals surface area contributed by atoms with E-state index in [1.165, 1.54) is 5.56 Å². The maximum Gasteiger partial charge on any atom is 0.258 e. The lowest BCUT2D eigenvalue weighted by Crippen LogP contribution is -2.39. The number of benzene rings is 1. The first kappa shape index (κ1) is 16.9. The molecule has 0 fully saturated rings. The molecule has 24 heavy (non-hydrogen) atoms. The van der Waals surface area contributed by atoms with E-state index in [9.17, 15) is 4.79 Å². The molecule has 1 aromatic carbocycles. The van der Waals surface area contributed by atoms with Gasteiger partial charge in [-0.2, -0.15) is 0 Å². The molecule has 1 aliphatic heterocycles. The third-order valence-electron chi connectivity index (χ3n) is 4.38. The monoisotopic (exact) mass is 344 g/mol. The van der Waals surface area contributed by atoms with Crippen LogP contribution in [0.25, 0.3) is 0 Å². The molecular weight excluding hydrogens is 320 g/mol. The summed E-state index contributed by atoms with van der Waals surface area (Å²) in [4.78, 5) is 17.4. The van der Waals surface area contributed by atoms with E-state index >= 15 is 0 Å². The van der Waals surface area contributed by atoms with E-state index in [2.05, 4.69) is 46.4 Å². The number of aromatic amines is 1. The van der Waals surface area contributed by atoms with E-state index in [4.69, 9.17) is 12.2 Å². The molecular formula is C18H24N4OS. The molecule has 6 heteroatoms. The second kappa shape index (κ2) is 7.77. The first-order chi connectivity index (χ1) is 11.7. The maximum atomic E-state index is 12.3. The van der Waals surface area contributed by atoms with Gasteiger partial charge in [-0.3, -0.25) is 14.7 Å². The number of rotatable bonds is 6. The van der Waals surface area contributed by atoms with Crippen molar-refractivity contribution in [1.82, 2.24) is 14.5 Å². The summed E-state index contributed by atoms with van der Waals surface area (Å²) in [6, 6.07) is 10.4. The molecule has 3 rings (SSSR count). The van der Waals surface area contributed by atoms with Gasteiger partial charge in [-0.05, 0) is 43.6 Å². The van der Waals surface area contributed by atoms with Gasteiger partial charge in [0, 0.05) is 13.1 Å². The van der Waals surface area contributed by atoms with E-state index < -0.39 is 0 Å². The zero-order valence-corrected chi connectivity index (χ0v) is 14.9. The normalized spacial score (nSPS) is 14.2. The zero-order valence-electron chi connectivity index (χ0n) is 14.0. The average Bonchev–Trinajstić information content (AvgIpc) is 2.59. The Balaban J connectivity index is 1.77. The Morgan fingerprint density at radius 2 is 2.00 bits per heavy atom. The molecule has 2 aromatic rings. The van der Waals surface area contributed by atoms with Crippen LogP contribution in [-0.2, 0) is 19.5 Å². The molecule has 5 nitrogen and oxygen atoms in total. The first-order valence-corrected chi connectivity index (χ1v) is 8.96. The van der Waals surface area contributed by atoms with E-state index in [1.807, 2.05) is 10.6 Å². The van der Waals surface area contributed by atoms with E-state index in [1.54, 1.807) is 0 Å². The molecule has 1 aromatic heterocycles. The topological polar surface area (TPSA) is 53.1 Å². The summed E-state index contributed by atoms with van der Waals surface area (Å²) in [5, 5.41) is 3.40. The van der Waals surface area contributed by atoms with Crippen LogP contribution in [0, 0.1) is 4.77 Å². The van der Waals surface area contributed by atoms with E-state index in [0.717, 1.165) is 50.4 Å². The SMILES string of the molecule is CCCN1CNc2c(c(=O)[nH]c(=S)n2CCCc2ccccc2)C1. The average molecular weight is 344 g/mol. The number of hydrogen-bond donors (Lipinski definition) is 2. The smallest absolute Gasteiger partial charge is 0.258 e. The van der Waals surface area contributed by atoms with Gasteiger partial charge in [-0.1, -0.05) is 37.3 Å². The van der Waals surface area contributed by atoms with Crippen LogP contribution in [0.1, 0.15) is 30.9 Å². The van der Waals surface area contributed by atoms with E-state index in [0.29, 0.717) is 11.3 Å². The van der Waals surface area contributed by atoms with Crippen molar-refractivity contribution in [3.8, 4) is 0 Å². The third-order valence-corrected chi connectivity index (χ3v) is 4.70. The molecule has 0 bridgehead atoms. The number of H-pyrrole nitrogens is 1. The number of aromatic nitrogens is 2. The Kier molecular flexibility index (Phi) is 5.48. The van der Waals surface area contributed by atoms with Crippen LogP contribution < -0.4 is 10.9 Å². The molecule has 0 unspecified atom stereocenters. The minimum absolute atomic E-state index is 0.0670. The molecule has 128 valence electrons. The molecule has 0 atom stereocenters. The molecule has 2 N–H and O–H groups in total. The van der Waals surface area contributed by atoms with Crippen LogP contribution in [0.4, 0.5) is 5.82 Å². The maximum absolute atomic E-state index is 12.3. The molecule has 1 aliphatic rings. The van der Waals surface area contributed by atoms with Crippen LogP contribution in [-0.4, -0.2) is 27.7 Å². The molecule has 0 saturated heterocycles. The predicted molar refractivity (Wildman–Crippen MR) is 99.8 cm³/mol. The molecule has 0 saturated carbocycles. The Hall–Kier alpha value is -1.92. The second-order valence-electron chi connectivity index (χ2n) is 6.21. The van der Waals surface area contributed by atoms with E-state index in [-0.39, 0.29) is 5.56 Å². The van der Waals surface area contributed by atoms with Crippen molar-refractivity contribution in [3.05, 3.63) is 56.6 Å². The Bertz CT molecular complexity index is 797. The highest BCUT2D eigenvalue weighted by Gasteiger charge is 2.21. The fourth-order valence-corrected chi connectivity index (χ4v) is 3.48. The zero-order chi connectivity index (χ0) is 16.9. The second-order valence-corrected chi connectivity index (χ2v) is 6.60. The van der Waals surface area contributed by atoms with Crippen molar-refractivity contribution in [2.24, 2.45) is 0 Å². The van der Waals surface area contributed by atoms with Crippen LogP contribution >= 0.6 is 12.2 Å². The summed E-state index contributed by atoms with van der Waals surface area (Å²) in [6.45, 7) is 5.37. The van der Waals surface area contributed by atoms with Gasteiger partial charge in [-0.15, -0.1) is 0 Å². The van der Waals surface area contributed by atoms with Crippen LogP contribution in [0.2, 0.25) is 0 Å². The number of hydrogen-bond acceptors (Lipinski definition) is 4. The highest BCUT2D eigenvalue weighted by molar-refractivity contribution is 7.71. The lowest BCUT2D eigenvalue weighted by molar-refractivity contribution is 0.271. The predicted octanol–water partition coefficient (Wildman–Crippen LogP) is 3.13. The van der Waals surface area contributed by atoms with Crippen molar-refractivity contribution in [2.75, 3.05) is 18.5 Å². The summed E-state index contributed by atoms with van der Waals surface area (Å²) in [7, 11) is 0. The Labute approximate surface area is 147 Å². The molecule has 0 radical (unpaired) electrons. The summed E-state index contributed by atoms with van der Waals surface area (Å²) in [5.41, 5.74) is 2.05. The van der Waals surface area contributed by atoms with Gasteiger partial charge in [0.2, 0.25) is 0 Å². The van der Waals surface area contributed by atoms with Crippen LogP contribution in [0.5, 0.6) is 0 Å². The van der Waals surface area contributed by atoms with Gasteiger partial charge >= 0.3 is 0 Å². The van der Waals surface area contributed by atoms with Gasteiger partial charge in [0.25, 0.3) is 5.56 Å². The van der Waals surface area contributed by atoms with Gasteiger partial charge < -0.3 is 9.88 Å². The van der Waals surface area contributed by atoms with Crippen LogP contribution in [0.15, 0.2) is 35.1 Å². The van der Waals surface area contributed by atoms with Crippen molar-refractivity contribution in [2.45, 2.75) is 39.3 Å². The number of anilines is 1. The number of fused-ring (bicyclic) bond motifs is 1. The van der Waals surface area contributed by atoms with Crippen molar-refractivity contribution in [1.29, 1.82) is 0 Å². The summed E-state index contributed by atoms with van der Waals surface area (Å²) >= 11 is 5.39. The largest absolute Gasteiger partial charge is 0.358 e. The van der Waals surface area contributed by atoms with Gasteiger partial charge in [-0.25, -0.2) is 0 Å². The number of nitrogens with zero attached hydrogens (tertiary/aromatic N) is 2. The minimum atomic E-state index is -0.0670. The van der Waals surface area contributed by atoms with Crippen molar-refractivity contribution in [3.63, 3.8) is 0 Å². The first-order valence-electron chi connectivity index (χ1n) is 8.55. The van der Waals surface area contributed by atoms with Crippen molar-refractivity contribution >= 4 is 18.0 Å². The fraction of sp³-hybridized carbons (Fsp3) is 0.444. The fourth-order valence-electron chi connectivity index (χ4n) is 3.20. The lowest BCUT2D eigenvalue weighted by Gasteiger charge is -2.30. The Morgan fingerprint density at radius 1 is 1.21 bits per heavy atom. The highest BCUT2D eigenvalue weighted by Crippen LogP contribution is 2.20. The molecule has 0 amide bonds. The minimum Gasteiger partial charge on any atom is -0.358 e. The summed E-state index contributed by atoms with van der Waals surface area (Å²) < 4.78 is 2.54. The van der Waals surface area contributed by atoms with Crippen LogP contribution in [0.3, 0.4) is 0 Å². The molecule has 0 aliphatic carbocycles. The molecule has 0 spiro atoms. The molecule has 2 heterocycles. The van der Waals surface area contributed by atoms with Crippen molar-refractivity contribution < 1.29 is 0 Å². The standard InChI is InChI=1S/C18H24N4OS/c1-2-10-21-12-15-16(19-13-21)22(18(24)20-17(15)23)11-6-9-14-7-4-3-5-8-14/h3-5,7-8,19H,2,6,9-13H2,1H3,(H,20,23,24). The van der Waals surface area contributed by atoms with Gasteiger partial charge in [0.05, 0.1) is 12.2 Å².